The van der Waals surface area contributed by atoms with Crippen LogP contribution in [0.2, 0.25) is 0 Å². The van der Waals surface area contributed by atoms with Crippen LogP contribution in [0.1, 0.15) is 27.2 Å². The lowest BCUT2D eigenvalue weighted by atomic mass is 10.0. The number of anilines is 1. The van der Waals surface area contributed by atoms with E-state index in [-0.39, 0.29) is 17.6 Å². The van der Waals surface area contributed by atoms with Gasteiger partial charge in [0.1, 0.15) is 0 Å². The third-order valence-electron chi connectivity index (χ3n) is 3.53. The van der Waals surface area contributed by atoms with Crippen molar-refractivity contribution in [2.75, 3.05) is 11.4 Å². The molecule has 1 unspecified atom stereocenters. The largest absolute Gasteiger partial charge is 0.325 e. The van der Waals surface area contributed by atoms with Crippen molar-refractivity contribution in [1.82, 2.24) is 4.90 Å². The van der Waals surface area contributed by atoms with E-state index in [9.17, 15) is 4.79 Å². The molecule has 0 N–H and O–H groups in total. The van der Waals surface area contributed by atoms with Crippen molar-refractivity contribution in [3.05, 3.63) is 43.0 Å². The van der Waals surface area contributed by atoms with Crippen LogP contribution in [-0.4, -0.2) is 29.1 Å². The number of hydrogen-bond donors (Lipinski definition) is 0. The number of nitrogens with zero attached hydrogens (tertiary/aromatic N) is 2. The molecule has 1 fully saturated rings. The first-order valence-electron chi connectivity index (χ1n) is 6.73. The molecular formula is C16H22N2O. The molecule has 2 rings (SSSR count). The summed E-state index contributed by atoms with van der Waals surface area (Å²) in [6.45, 7) is 10.9. The van der Waals surface area contributed by atoms with E-state index in [2.05, 4.69) is 27.4 Å². The van der Waals surface area contributed by atoms with Crippen molar-refractivity contribution < 1.29 is 4.79 Å². The van der Waals surface area contributed by atoms with Crippen molar-refractivity contribution in [1.29, 1.82) is 0 Å². The summed E-state index contributed by atoms with van der Waals surface area (Å²) < 4.78 is 0. The predicted molar refractivity (Wildman–Crippen MR) is 79.4 cm³/mol. The van der Waals surface area contributed by atoms with E-state index < -0.39 is 0 Å². The Morgan fingerprint density at radius 2 is 1.89 bits per heavy atom. The van der Waals surface area contributed by atoms with Crippen LogP contribution in [0.15, 0.2) is 43.0 Å². The van der Waals surface area contributed by atoms with Crippen LogP contribution in [0.4, 0.5) is 10.5 Å². The van der Waals surface area contributed by atoms with Crippen molar-refractivity contribution in [3.8, 4) is 0 Å². The molecule has 1 aromatic carbocycles. The minimum atomic E-state index is -0.156. The molecule has 2 amide bonds. The maximum absolute atomic E-state index is 12.7. The first-order chi connectivity index (χ1) is 8.95. The molecular weight excluding hydrogens is 236 g/mol. The monoisotopic (exact) mass is 258 g/mol. The second kappa shape index (κ2) is 5.08. The number of hydrogen-bond acceptors (Lipinski definition) is 1. The summed E-state index contributed by atoms with van der Waals surface area (Å²) in [6, 6.07) is 9.96. The standard InChI is InChI=1S/C16H22N2O/c1-5-13-11-12-17(16(2,3)4)15(19)18(13)14-9-7-6-8-10-14/h5-10,13H,1,11-12H2,2-4H3. The molecule has 1 saturated heterocycles. The molecule has 1 atom stereocenters. The van der Waals surface area contributed by atoms with E-state index in [1.54, 1.807) is 0 Å². The summed E-state index contributed by atoms with van der Waals surface area (Å²) in [5.74, 6) is 0. The molecule has 1 aliphatic heterocycles. The molecule has 1 aliphatic rings. The SMILES string of the molecule is C=CC1CCN(C(C)(C)C)C(=O)N1c1ccccc1. The molecule has 1 aromatic rings. The van der Waals surface area contributed by atoms with E-state index >= 15 is 0 Å². The van der Waals surface area contributed by atoms with Crippen LogP contribution < -0.4 is 4.90 Å². The molecule has 0 aliphatic carbocycles. The lowest BCUT2D eigenvalue weighted by Gasteiger charge is -2.46. The number of benzene rings is 1. The Balaban J connectivity index is 2.36. The molecule has 0 aromatic heterocycles. The Bertz CT molecular complexity index is 461. The molecule has 1 heterocycles. The highest BCUT2D eigenvalue weighted by atomic mass is 16.2. The minimum absolute atomic E-state index is 0.0647. The minimum Gasteiger partial charge on any atom is -0.319 e. The van der Waals surface area contributed by atoms with Crippen LogP contribution in [0.5, 0.6) is 0 Å². The Hall–Kier alpha value is -1.77. The average molecular weight is 258 g/mol. The van der Waals surface area contributed by atoms with E-state index in [0.29, 0.717) is 0 Å². The van der Waals surface area contributed by atoms with E-state index in [4.69, 9.17) is 0 Å². The highest BCUT2D eigenvalue weighted by molar-refractivity contribution is 5.94. The van der Waals surface area contributed by atoms with Gasteiger partial charge in [-0.2, -0.15) is 0 Å². The predicted octanol–water partition coefficient (Wildman–Crippen LogP) is 3.67. The summed E-state index contributed by atoms with van der Waals surface area (Å²) >= 11 is 0. The Morgan fingerprint density at radius 3 is 2.42 bits per heavy atom. The summed E-state index contributed by atoms with van der Waals surface area (Å²) in [4.78, 5) is 16.5. The molecule has 0 radical (unpaired) electrons. The van der Waals surface area contributed by atoms with Crippen molar-refractivity contribution in [2.24, 2.45) is 0 Å². The fourth-order valence-corrected chi connectivity index (χ4v) is 2.49. The van der Waals surface area contributed by atoms with Crippen molar-refractivity contribution in [3.63, 3.8) is 0 Å². The molecule has 3 heteroatoms. The average Bonchev–Trinajstić information content (AvgIpc) is 2.37. The third-order valence-corrected chi connectivity index (χ3v) is 3.53. The van der Waals surface area contributed by atoms with E-state index in [0.717, 1.165) is 18.7 Å². The Kier molecular flexibility index (Phi) is 3.65. The summed E-state index contributed by atoms with van der Waals surface area (Å²) in [5, 5.41) is 0. The van der Waals surface area contributed by atoms with E-state index in [1.807, 2.05) is 46.2 Å². The normalized spacial score (nSPS) is 20.6. The zero-order valence-corrected chi connectivity index (χ0v) is 12.0. The second-order valence-corrected chi connectivity index (χ2v) is 5.90. The zero-order chi connectivity index (χ0) is 14.0. The number of urea groups is 1. The first kappa shape index (κ1) is 13.7. The number of rotatable bonds is 2. The van der Waals surface area contributed by atoms with Crippen LogP contribution in [0.3, 0.4) is 0 Å². The van der Waals surface area contributed by atoms with Gasteiger partial charge in [-0.15, -0.1) is 6.58 Å². The highest BCUT2D eigenvalue weighted by Gasteiger charge is 2.37. The summed E-state index contributed by atoms with van der Waals surface area (Å²) in [6.07, 6.45) is 2.78. The highest BCUT2D eigenvalue weighted by Crippen LogP contribution is 2.28. The molecule has 0 saturated carbocycles. The van der Waals surface area contributed by atoms with Gasteiger partial charge in [0.05, 0.1) is 6.04 Å². The topological polar surface area (TPSA) is 23.6 Å². The third kappa shape index (κ3) is 2.65. The number of carbonyl (C=O) groups excluding carboxylic acids is 1. The number of carbonyl (C=O) groups is 1. The van der Waals surface area contributed by atoms with Crippen LogP contribution >= 0.6 is 0 Å². The van der Waals surface area contributed by atoms with Gasteiger partial charge in [0.25, 0.3) is 0 Å². The van der Waals surface area contributed by atoms with E-state index in [1.165, 1.54) is 0 Å². The molecule has 0 spiro atoms. The van der Waals surface area contributed by atoms with Gasteiger partial charge in [-0.1, -0.05) is 24.3 Å². The van der Waals surface area contributed by atoms with Crippen molar-refractivity contribution >= 4 is 11.7 Å². The lowest BCUT2D eigenvalue weighted by Crippen LogP contribution is -2.59. The lowest BCUT2D eigenvalue weighted by molar-refractivity contribution is 0.135. The van der Waals surface area contributed by atoms with Gasteiger partial charge in [0, 0.05) is 17.8 Å². The van der Waals surface area contributed by atoms with Gasteiger partial charge in [0.15, 0.2) is 0 Å². The number of para-hydroxylation sites is 1. The Labute approximate surface area is 115 Å². The van der Waals surface area contributed by atoms with Gasteiger partial charge in [-0.05, 0) is 39.3 Å². The zero-order valence-electron chi connectivity index (χ0n) is 12.0. The first-order valence-corrected chi connectivity index (χ1v) is 6.73. The summed E-state index contributed by atoms with van der Waals surface area (Å²) in [5.41, 5.74) is 0.780. The molecule has 19 heavy (non-hydrogen) atoms. The number of amides is 2. The van der Waals surface area contributed by atoms with Gasteiger partial charge in [-0.3, -0.25) is 4.90 Å². The Morgan fingerprint density at radius 1 is 1.26 bits per heavy atom. The molecule has 102 valence electrons. The van der Waals surface area contributed by atoms with Gasteiger partial charge < -0.3 is 4.90 Å². The second-order valence-electron chi connectivity index (χ2n) is 5.90. The summed E-state index contributed by atoms with van der Waals surface area (Å²) in [7, 11) is 0. The van der Waals surface area contributed by atoms with Crippen LogP contribution in [0.25, 0.3) is 0 Å². The molecule has 3 nitrogen and oxygen atoms in total. The fraction of sp³-hybridized carbons (Fsp3) is 0.438. The smallest absolute Gasteiger partial charge is 0.319 e. The maximum atomic E-state index is 12.7. The fourth-order valence-electron chi connectivity index (χ4n) is 2.49. The van der Waals surface area contributed by atoms with Crippen LogP contribution in [-0.2, 0) is 0 Å². The van der Waals surface area contributed by atoms with Crippen molar-refractivity contribution in [2.45, 2.75) is 38.8 Å². The van der Waals surface area contributed by atoms with Gasteiger partial charge in [-0.25, -0.2) is 4.79 Å². The molecule has 0 bridgehead atoms. The van der Waals surface area contributed by atoms with Gasteiger partial charge in [0.2, 0.25) is 0 Å². The maximum Gasteiger partial charge on any atom is 0.325 e. The quantitative estimate of drug-likeness (QED) is 0.742. The van der Waals surface area contributed by atoms with Crippen LogP contribution in [0, 0.1) is 0 Å². The van der Waals surface area contributed by atoms with Gasteiger partial charge >= 0.3 is 6.03 Å².